The van der Waals surface area contributed by atoms with E-state index in [4.69, 9.17) is 34.8 Å². The van der Waals surface area contributed by atoms with E-state index in [0.29, 0.717) is 16.9 Å². The van der Waals surface area contributed by atoms with E-state index in [2.05, 4.69) is 10.6 Å². The molecule has 1 heterocycles. The predicted molar refractivity (Wildman–Crippen MR) is 126 cm³/mol. The van der Waals surface area contributed by atoms with E-state index in [1.807, 2.05) is 0 Å². The Labute approximate surface area is 202 Å². The Balaban J connectivity index is 1.49. The van der Waals surface area contributed by atoms with Crippen LogP contribution in [-0.2, 0) is 9.59 Å². The van der Waals surface area contributed by atoms with Crippen molar-refractivity contribution >= 4 is 69.6 Å². The summed E-state index contributed by atoms with van der Waals surface area (Å²) in [6.07, 6.45) is 0. The molecule has 33 heavy (non-hydrogen) atoms. The Morgan fingerprint density at radius 3 is 2.15 bits per heavy atom. The van der Waals surface area contributed by atoms with Crippen LogP contribution in [0.2, 0.25) is 10.0 Å². The van der Waals surface area contributed by atoms with Crippen LogP contribution in [-0.4, -0.2) is 17.7 Å². The van der Waals surface area contributed by atoms with Crippen molar-refractivity contribution in [1.82, 2.24) is 0 Å². The molecule has 3 aromatic rings. The van der Waals surface area contributed by atoms with E-state index in [1.54, 1.807) is 30.3 Å². The average Bonchev–Trinajstić information content (AvgIpc) is 3.00. The number of amides is 3. The van der Waals surface area contributed by atoms with Gasteiger partial charge in [-0.25, -0.2) is 9.29 Å². The van der Waals surface area contributed by atoms with Crippen LogP contribution in [0.25, 0.3) is 0 Å². The first kappa shape index (κ1) is 22.8. The maximum absolute atomic E-state index is 13.3. The van der Waals surface area contributed by atoms with Gasteiger partial charge < -0.3 is 10.6 Å². The molecule has 0 unspecified atom stereocenters. The number of nitrogens with zero attached hydrogens (tertiary/aromatic N) is 1. The third-order valence-electron chi connectivity index (χ3n) is 4.71. The highest BCUT2D eigenvalue weighted by Gasteiger charge is 2.39. The number of anilines is 3. The predicted octanol–water partition coefficient (Wildman–Crippen LogP) is 5.82. The van der Waals surface area contributed by atoms with Crippen molar-refractivity contribution in [2.45, 2.75) is 0 Å². The number of carbonyl (C=O) groups is 3. The van der Waals surface area contributed by atoms with E-state index in [-0.39, 0.29) is 26.5 Å². The van der Waals surface area contributed by atoms with Crippen molar-refractivity contribution < 1.29 is 18.8 Å². The SMILES string of the molecule is O=C(Nc1ccc(F)c(Cl)c1)c1ccc(NC2=C(Cl)C(=O)N(c3ccccc3Cl)C2=O)cc1. The van der Waals surface area contributed by atoms with Crippen LogP contribution in [0.4, 0.5) is 21.5 Å². The minimum Gasteiger partial charge on any atom is -0.350 e. The van der Waals surface area contributed by atoms with E-state index < -0.39 is 23.5 Å². The second kappa shape index (κ2) is 9.23. The number of hydrogen-bond donors (Lipinski definition) is 2. The third kappa shape index (κ3) is 4.57. The normalized spacial score (nSPS) is 13.5. The molecule has 0 fully saturated rings. The fourth-order valence-corrected chi connectivity index (χ4v) is 3.70. The molecule has 0 aromatic heterocycles. The number of benzene rings is 3. The van der Waals surface area contributed by atoms with Gasteiger partial charge in [-0.15, -0.1) is 0 Å². The first-order valence-electron chi connectivity index (χ1n) is 9.43. The minimum absolute atomic E-state index is 0.111. The molecule has 0 saturated heterocycles. The molecular formula is C23H13Cl3FN3O3. The van der Waals surface area contributed by atoms with Gasteiger partial charge in [0, 0.05) is 16.9 Å². The van der Waals surface area contributed by atoms with E-state index >= 15 is 0 Å². The summed E-state index contributed by atoms with van der Waals surface area (Å²) in [5.74, 6) is -2.40. The molecule has 0 aliphatic carbocycles. The topological polar surface area (TPSA) is 78.5 Å². The summed E-state index contributed by atoms with van der Waals surface area (Å²) < 4.78 is 13.3. The lowest BCUT2D eigenvalue weighted by Gasteiger charge is -2.16. The number of nitrogens with one attached hydrogen (secondary N) is 2. The Hall–Kier alpha value is -3.39. The van der Waals surface area contributed by atoms with Gasteiger partial charge in [0.05, 0.1) is 15.7 Å². The second-order valence-electron chi connectivity index (χ2n) is 6.87. The number of para-hydroxylation sites is 1. The molecule has 1 aliphatic heterocycles. The smallest absolute Gasteiger partial charge is 0.283 e. The molecule has 0 bridgehead atoms. The van der Waals surface area contributed by atoms with Gasteiger partial charge in [-0.3, -0.25) is 14.4 Å². The molecule has 4 rings (SSSR count). The van der Waals surface area contributed by atoms with Crippen molar-refractivity contribution in [1.29, 1.82) is 0 Å². The number of imide groups is 1. The van der Waals surface area contributed by atoms with Crippen LogP contribution in [0.3, 0.4) is 0 Å². The Bertz CT molecular complexity index is 1330. The van der Waals surface area contributed by atoms with Gasteiger partial charge in [0.1, 0.15) is 16.5 Å². The highest BCUT2D eigenvalue weighted by atomic mass is 35.5. The number of rotatable bonds is 5. The summed E-state index contributed by atoms with van der Waals surface area (Å²) in [4.78, 5) is 38.7. The third-order valence-corrected chi connectivity index (χ3v) is 5.67. The molecule has 3 amide bonds. The van der Waals surface area contributed by atoms with Gasteiger partial charge in [-0.05, 0) is 54.6 Å². The second-order valence-corrected chi connectivity index (χ2v) is 8.06. The van der Waals surface area contributed by atoms with Crippen LogP contribution >= 0.6 is 34.8 Å². The molecule has 3 aromatic carbocycles. The zero-order valence-electron chi connectivity index (χ0n) is 16.5. The van der Waals surface area contributed by atoms with Crippen molar-refractivity contribution in [3.8, 4) is 0 Å². The monoisotopic (exact) mass is 503 g/mol. The minimum atomic E-state index is -0.703. The molecule has 166 valence electrons. The van der Waals surface area contributed by atoms with E-state index in [9.17, 15) is 18.8 Å². The van der Waals surface area contributed by atoms with Gasteiger partial charge in [0.25, 0.3) is 17.7 Å². The highest BCUT2D eigenvalue weighted by molar-refractivity contribution is 6.53. The van der Waals surface area contributed by atoms with E-state index in [0.717, 1.165) is 11.0 Å². The van der Waals surface area contributed by atoms with Gasteiger partial charge in [0.2, 0.25) is 0 Å². The zero-order chi connectivity index (χ0) is 23.7. The summed E-state index contributed by atoms with van der Waals surface area (Å²) in [6.45, 7) is 0. The number of carbonyl (C=O) groups excluding carboxylic acids is 3. The Morgan fingerprint density at radius 2 is 1.48 bits per heavy atom. The first-order chi connectivity index (χ1) is 15.8. The number of hydrogen-bond acceptors (Lipinski definition) is 4. The van der Waals surface area contributed by atoms with Crippen molar-refractivity contribution in [3.05, 3.63) is 98.9 Å². The maximum Gasteiger partial charge on any atom is 0.283 e. The van der Waals surface area contributed by atoms with Gasteiger partial charge in [-0.2, -0.15) is 0 Å². The van der Waals surface area contributed by atoms with Gasteiger partial charge in [0.15, 0.2) is 0 Å². The lowest BCUT2D eigenvalue weighted by molar-refractivity contribution is -0.120. The summed E-state index contributed by atoms with van der Waals surface area (Å²) >= 11 is 18.0. The molecule has 10 heteroatoms. The Kier molecular flexibility index (Phi) is 6.37. The molecular weight excluding hydrogens is 492 g/mol. The van der Waals surface area contributed by atoms with Crippen LogP contribution in [0, 0.1) is 5.82 Å². The molecule has 0 saturated carbocycles. The van der Waals surface area contributed by atoms with Crippen molar-refractivity contribution in [2.75, 3.05) is 15.5 Å². The van der Waals surface area contributed by atoms with Gasteiger partial charge >= 0.3 is 0 Å². The molecule has 0 spiro atoms. The standard InChI is InChI=1S/C23H13Cl3FN3O3/c24-15-3-1-2-4-18(15)30-22(32)19(26)20(23(30)33)28-13-7-5-12(6-8-13)21(31)29-14-9-10-17(27)16(25)11-14/h1-11,28H,(H,29,31). The summed E-state index contributed by atoms with van der Waals surface area (Å²) in [5.41, 5.74) is 1.16. The van der Waals surface area contributed by atoms with Crippen LogP contribution in [0.1, 0.15) is 10.4 Å². The summed E-state index contributed by atoms with van der Waals surface area (Å²) in [6, 6.07) is 16.3. The van der Waals surface area contributed by atoms with Crippen LogP contribution < -0.4 is 15.5 Å². The maximum atomic E-state index is 13.3. The summed E-state index contributed by atoms with van der Waals surface area (Å²) in [7, 11) is 0. The largest absolute Gasteiger partial charge is 0.350 e. The van der Waals surface area contributed by atoms with Crippen molar-refractivity contribution in [3.63, 3.8) is 0 Å². The zero-order valence-corrected chi connectivity index (χ0v) is 18.8. The quantitative estimate of drug-likeness (QED) is 0.429. The van der Waals surface area contributed by atoms with Crippen LogP contribution in [0.15, 0.2) is 77.5 Å². The lowest BCUT2D eigenvalue weighted by atomic mass is 10.2. The number of halogens is 4. The molecule has 2 N–H and O–H groups in total. The lowest BCUT2D eigenvalue weighted by Crippen LogP contribution is -2.32. The summed E-state index contributed by atoms with van der Waals surface area (Å²) in [5, 5.41) is 5.26. The van der Waals surface area contributed by atoms with Crippen LogP contribution in [0.5, 0.6) is 0 Å². The average molecular weight is 505 g/mol. The Morgan fingerprint density at radius 1 is 0.818 bits per heavy atom. The van der Waals surface area contributed by atoms with Gasteiger partial charge in [-0.1, -0.05) is 46.9 Å². The first-order valence-corrected chi connectivity index (χ1v) is 10.6. The van der Waals surface area contributed by atoms with Crippen molar-refractivity contribution in [2.24, 2.45) is 0 Å². The van der Waals surface area contributed by atoms with E-state index in [1.165, 1.54) is 30.3 Å². The molecule has 6 nitrogen and oxygen atoms in total. The molecule has 0 atom stereocenters. The molecule has 0 radical (unpaired) electrons. The molecule has 1 aliphatic rings. The fraction of sp³-hybridized carbons (Fsp3) is 0. The fourth-order valence-electron chi connectivity index (χ4n) is 3.09. The highest BCUT2D eigenvalue weighted by Crippen LogP contribution is 2.34.